The van der Waals surface area contributed by atoms with Crippen LogP contribution < -0.4 is 5.32 Å². The van der Waals surface area contributed by atoms with Crippen molar-refractivity contribution in [2.45, 2.75) is 257 Å². The Morgan fingerprint density at radius 2 is 0.811 bits per heavy atom. The Bertz CT molecular complexity index is 934. The van der Waals surface area contributed by atoms with Crippen LogP contribution in [-0.2, 0) is 14.9 Å². The summed E-state index contributed by atoms with van der Waals surface area (Å²) in [5.41, 5.74) is 0. The monoisotopic (exact) mass is 768 g/mol. The minimum atomic E-state index is -4.35. The Hall–Kier alpha value is -1.18. The molecule has 0 radical (unpaired) electrons. The first-order valence-corrected chi connectivity index (χ1v) is 24.6. The number of nitrogens with one attached hydrogen (secondary N) is 1. The molecule has 0 aromatic carbocycles. The quantitative estimate of drug-likeness (QED) is 0.0326. The van der Waals surface area contributed by atoms with Crippen molar-refractivity contribution in [3.63, 3.8) is 0 Å². The molecule has 0 fully saturated rings. The highest BCUT2D eigenvalue weighted by molar-refractivity contribution is 7.85. The topological polar surface area (TPSA) is 104 Å². The van der Waals surface area contributed by atoms with Gasteiger partial charge in [-0.15, -0.1) is 0 Å². The van der Waals surface area contributed by atoms with Crippen LogP contribution in [0, 0.1) is 0 Å². The van der Waals surface area contributed by atoms with Crippen LogP contribution in [0.25, 0.3) is 0 Å². The van der Waals surface area contributed by atoms with Gasteiger partial charge in [0, 0.05) is 6.42 Å². The van der Waals surface area contributed by atoms with E-state index in [-0.39, 0.29) is 5.91 Å². The molecule has 6 nitrogen and oxygen atoms in total. The summed E-state index contributed by atoms with van der Waals surface area (Å²) < 4.78 is 32.6. The molecule has 0 saturated carbocycles. The van der Waals surface area contributed by atoms with E-state index < -0.39 is 28.0 Å². The molecule has 0 heterocycles. The standard InChI is InChI=1S/C46H89NO5S/c1-3-5-7-9-11-13-15-17-19-21-23-24-26-28-30-32-34-36-38-40-42-46(49)47-44(43-53(50,51)52)45(48)41-39-37-35-33-31-29-27-25-22-20-18-16-14-12-10-8-6-4-2/h31,33,39,41,44-45,48H,3-30,32,34-38,40,42-43H2,1-2H3,(H,47,49)(H,50,51,52)/b33-31+,41-39+. The minimum Gasteiger partial charge on any atom is -0.387 e. The molecule has 0 spiro atoms. The summed E-state index contributed by atoms with van der Waals surface area (Å²) in [5.74, 6) is -0.989. The van der Waals surface area contributed by atoms with E-state index in [0.29, 0.717) is 6.42 Å². The number of unbranched alkanes of at least 4 members (excludes halogenated alkanes) is 32. The van der Waals surface area contributed by atoms with E-state index in [1.54, 1.807) is 0 Å². The Morgan fingerprint density at radius 1 is 0.491 bits per heavy atom. The Morgan fingerprint density at radius 3 is 1.19 bits per heavy atom. The fourth-order valence-electron chi connectivity index (χ4n) is 7.17. The average molecular weight is 768 g/mol. The highest BCUT2D eigenvalue weighted by Gasteiger charge is 2.24. The lowest BCUT2D eigenvalue weighted by Crippen LogP contribution is -2.46. The van der Waals surface area contributed by atoms with Crippen LogP contribution in [0.2, 0.25) is 0 Å². The largest absolute Gasteiger partial charge is 0.387 e. The zero-order valence-corrected chi connectivity index (χ0v) is 36.0. The van der Waals surface area contributed by atoms with Gasteiger partial charge in [-0.25, -0.2) is 0 Å². The summed E-state index contributed by atoms with van der Waals surface area (Å²) >= 11 is 0. The molecule has 0 aromatic rings. The SMILES string of the molecule is CCCCCCCCCCCCCC/C=C/CC/C=C/C(O)C(CS(=O)(=O)O)NC(=O)CCCCCCCCCCCCCCCCCCCCCC. The molecule has 0 aromatic heterocycles. The molecule has 3 N–H and O–H groups in total. The van der Waals surface area contributed by atoms with Crippen LogP contribution in [0.4, 0.5) is 0 Å². The summed E-state index contributed by atoms with van der Waals surface area (Å²) in [7, 11) is -4.35. The molecular weight excluding hydrogens is 679 g/mol. The summed E-state index contributed by atoms with van der Waals surface area (Å²) in [5, 5.41) is 13.3. The summed E-state index contributed by atoms with van der Waals surface area (Å²) in [6.45, 7) is 4.55. The second-order valence-corrected chi connectivity index (χ2v) is 17.5. The van der Waals surface area contributed by atoms with Gasteiger partial charge >= 0.3 is 0 Å². The number of aliphatic hydroxyl groups is 1. The lowest BCUT2D eigenvalue weighted by molar-refractivity contribution is -0.122. The van der Waals surface area contributed by atoms with Crippen molar-refractivity contribution in [3.8, 4) is 0 Å². The third-order valence-electron chi connectivity index (χ3n) is 10.6. The molecular formula is C46H89NO5S. The van der Waals surface area contributed by atoms with E-state index in [1.807, 2.05) is 6.08 Å². The highest BCUT2D eigenvalue weighted by atomic mass is 32.2. The van der Waals surface area contributed by atoms with Gasteiger partial charge in [0.15, 0.2) is 0 Å². The van der Waals surface area contributed by atoms with Gasteiger partial charge in [-0.2, -0.15) is 8.42 Å². The van der Waals surface area contributed by atoms with Crippen molar-refractivity contribution in [3.05, 3.63) is 24.3 Å². The van der Waals surface area contributed by atoms with Gasteiger partial charge < -0.3 is 10.4 Å². The molecule has 314 valence electrons. The van der Waals surface area contributed by atoms with Crippen molar-refractivity contribution in [1.82, 2.24) is 5.32 Å². The summed E-state index contributed by atoms with van der Waals surface area (Å²) in [6.07, 6.45) is 51.8. The van der Waals surface area contributed by atoms with Crippen LogP contribution in [0.1, 0.15) is 245 Å². The number of allylic oxidation sites excluding steroid dienone is 3. The predicted molar refractivity (Wildman–Crippen MR) is 230 cm³/mol. The molecule has 53 heavy (non-hydrogen) atoms. The molecule has 0 rings (SSSR count). The van der Waals surface area contributed by atoms with Crippen molar-refractivity contribution < 1.29 is 22.9 Å². The van der Waals surface area contributed by atoms with E-state index in [2.05, 4.69) is 31.3 Å². The summed E-state index contributed by atoms with van der Waals surface area (Å²) in [4.78, 5) is 12.5. The van der Waals surface area contributed by atoms with E-state index in [9.17, 15) is 22.9 Å². The molecule has 0 bridgehead atoms. The van der Waals surface area contributed by atoms with Crippen LogP contribution in [-0.4, -0.2) is 41.9 Å². The molecule has 0 aliphatic rings. The molecule has 0 aliphatic carbocycles. The van der Waals surface area contributed by atoms with Crippen molar-refractivity contribution in [1.29, 1.82) is 0 Å². The van der Waals surface area contributed by atoms with Crippen molar-refractivity contribution >= 4 is 16.0 Å². The van der Waals surface area contributed by atoms with Gasteiger partial charge in [0.05, 0.1) is 17.9 Å². The molecule has 0 aliphatic heterocycles. The van der Waals surface area contributed by atoms with Gasteiger partial charge in [-0.3, -0.25) is 9.35 Å². The van der Waals surface area contributed by atoms with E-state index in [0.717, 1.165) is 38.5 Å². The Labute approximate surface area is 330 Å². The first-order valence-electron chi connectivity index (χ1n) is 23.0. The fraction of sp³-hybridized carbons (Fsp3) is 0.891. The first kappa shape index (κ1) is 51.8. The smallest absolute Gasteiger partial charge is 0.267 e. The van der Waals surface area contributed by atoms with Gasteiger partial charge in [-0.1, -0.05) is 231 Å². The molecule has 2 unspecified atom stereocenters. The number of carbonyl (C=O) groups excluding carboxylic acids is 1. The number of carbonyl (C=O) groups is 1. The maximum absolute atomic E-state index is 12.5. The third kappa shape index (κ3) is 41.8. The van der Waals surface area contributed by atoms with Gasteiger partial charge in [0.2, 0.25) is 5.91 Å². The maximum Gasteiger partial charge on any atom is 0.267 e. The number of hydrogen-bond acceptors (Lipinski definition) is 4. The first-order chi connectivity index (χ1) is 25.8. The van der Waals surface area contributed by atoms with Gasteiger partial charge in [0.25, 0.3) is 10.1 Å². The number of rotatable bonds is 42. The van der Waals surface area contributed by atoms with Gasteiger partial charge in [0.1, 0.15) is 0 Å². The zero-order chi connectivity index (χ0) is 38.9. The van der Waals surface area contributed by atoms with Crippen molar-refractivity contribution in [2.24, 2.45) is 0 Å². The van der Waals surface area contributed by atoms with Crippen LogP contribution >= 0.6 is 0 Å². The number of amides is 1. The lowest BCUT2D eigenvalue weighted by Gasteiger charge is -2.21. The minimum absolute atomic E-state index is 0.283. The van der Waals surface area contributed by atoms with Gasteiger partial charge in [-0.05, 0) is 32.1 Å². The molecule has 7 heteroatoms. The summed E-state index contributed by atoms with van der Waals surface area (Å²) in [6, 6.07) is -1.07. The van der Waals surface area contributed by atoms with Crippen LogP contribution in [0.15, 0.2) is 24.3 Å². The lowest BCUT2D eigenvalue weighted by atomic mass is 10.0. The highest BCUT2D eigenvalue weighted by Crippen LogP contribution is 2.16. The Balaban J connectivity index is 3.86. The van der Waals surface area contributed by atoms with E-state index in [4.69, 9.17) is 0 Å². The molecule has 0 saturated heterocycles. The Kier molecular flexibility index (Phi) is 39.6. The molecule has 1 amide bonds. The second-order valence-electron chi connectivity index (χ2n) is 16.0. The zero-order valence-electron chi connectivity index (χ0n) is 35.2. The second kappa shape index (κ2) is 40.5. The average Bonchev–Trinajstić information content (AvgIpc) is 3.12. The number of hydrogen-bond donors (Lipinski definition) is 3. The maximum atomic E-state index is 12.5. The molecule has 2 atom stereocenters. The van der Waals surface area contributed by atoms with Crippen LogP contribution in [0.3, 0.4) is 0 Å². The fourth-order valence-corrected chi connectivity index (χ4v) is 7.91. The number of aliphatic hydroxyl groups excluding tert-OH is 1. The normalized spacial score (nSPS) is 13.4. The van der Waals surface area contributed by atoms with E-state index >= 15 is 0 Å². The van der Waals surface area contributed by atoms with Crippen LogP contribution in [0.5, 0.6) is 0 Å². The predicted octanol–water partition coefficient (Wildman–Crippen LogP) is 13.9. The van der Waals surface area contributed by atoms with Crippen molar-refractivity contribution in [2.75, 3.05) is 5.75 Å². The van der Waals surface area contributed by atoms with E-state index in [1.165, 1.54) is 192 Å². The third-order valence-corrected chi connectivity index (χ3v) is 11.4.